The highest BCUT2D eigenvalue weighted by Crippen LogP contribution is 2.20. The third kappa shape index (κ3) is 3.04. The van der Waals surface area contributed by atoms with Crippen LogP contribution in [0.4, 0.5) is 0 Å². The molecule has 0 bridgehead atoms. The Morgan fingerprint density at radius 3 is 3.07 bits per heavy atom. The molecule has 74 valence electrons. The molecule has 0 aromatic carbocycles. The van der Waals surface area contributed by atoms with Crippen LogP contribution in [-0.2, 0) is 5.75 Å². The molecule has 1 atom stereocenters. The van der Waals surface area contributed by atoms with Crippen LogP contribution < -0.4 is 0 Å². The third-order valence-corrected chi connectivity index (χ3v) is 3.48. The van der Waals surface area contributed by atoms with E-state index in [2.05, 4.69) is 24.9 Å². The average Bonchev–Trinajstić information content (AvgIpc) is 2.26. The second-order valence-corrected chi connectivity index (χ2v) is 4.58. The number of thioether (sulfide) groups is 1. The van der Waals surface area contributed by atoms with Crippen LogP contribution in [0.5, 0.6) is 0 Å². The minimum atomic E-state index is 0.559. The summed E-state index contributed by atoms with van der Waals surface area (Å²) >= 11 is 1.87. The Hall–Kier alpha value is -1.01. The van der Waals surface area contributed by atoms with E-state index in [1.54, 1.807) is 6.20 Å². The van der Waals surface area contributed by atoms with Gasteiger partial charge in [-0.3, -0.25) is 0 Å². The molecule has 2 nitrogen and oxygen atoms in total. The first-order valence-electron chi connectivity index (χ1n) is 4.73. The van der Waals surface area contributed by atoms with E-state index in [1.807, 2.05) is 23.9 Å². The lowest BCUT2D eigenvalue weighted by Gasteiger charge is -2.08. The lowest BCUT2D eigenvalue weighted by molar-refractivity contribution is 0.905. The summed E-state index contributed by atoms with van der Waals surface area (Å²) in [5, 5.41) is 9.46. The van der Waals surface area contributed by atoms with Crippen molar-refractivity contribution in [1.29, 1.82) is 5.26 Å². The van der Waals surface area contributed by atoms with Gasteiger partial charge >= 0.3 is 0 Å². The molecular weight excluding hydrogens is 192 g/mol. The highest BCUT2D eigenvalue weighted by molar-refractivity contribution is 7.99. The van der Waals surface area contributed by atoms with Crippen molar-refractivity contribution in [2.45, 2.75) is 31.3 Å². The van der Waals surface area contributed by atoms with E-state index in [9.17, 15) is 0 Å². The Morgan fingerprint density at radius 1 is 1.64 bits per heavy atom. The van der Waals surface area contributed by atoms with Crippen LogP contribution in [0.25, 0.3) is 0 Å². The standard InChI is InChI=1S/C11H14N2S/c1-3-9(2)14-8-10-5-4-6-13-11(10)7-12/h4-6,9H,3,8H2,1-2H3. The van der Waals surface area contributed by atoms with Crippen LogP contribution in [0, 0.1) is 11.3 Å². The van der Waals surface area contributed by atoms with Crippen LogP contribution in [0.15, 0.2) is 18.3 Å². The molecule has 1 aromatic rings. The van der Waals surface area contributed by atoms with E-state index >= 15 is 0 Å². The Bertz CT molecular complexity index is 330. The second kappa shape index (κ2) is 5.66. The first kappa shape index (κ1) is 11.1. The normalized spacial score (nSPS) is 12.1. The maximum atomic E-state index is 8.82. The first-order chi connectivity index (χ1) is 6.77. The van der Waals surface area contributed by atoms with Gasteiger partial charge in [-0.25, -0.2) is 4.98 Å². The van der Waals surface area contributed by atoms with E-state index in [1.165, 1.54) is 0 Å². The van der Waals surface area contributed by atoms with Crippen LogP contribution in [0.1, 0.15) is 31.5 Å². The van der Waals surface area contributed by atoms with Crippen molar-refractivity contribution in [2.75, 3.05) is 0 Å². The highest BCUT2D eigenvalue weighted by atomic mass is 32.2. The molecule has 0 saturated carbocycles. The van der Waals surface area contributed by atoms with Gasteiger partial charge < -0.3 is 0 Å². The molecule has 0 amide bonds. The molecule has 0 saturated heterocycles. The zero-order valence-electron chi connectivity index (χ0n) is 8.53. The summed E-state index contributed by atoms with van der Waals surface area (Å²) in [6, 6.07) is 5.97. The molecule has 0 aliphatic heterocycles. The van der Waals surface area contributed by atoms with E-state index in [0.29, 0.717) is 10.9 Å². The molecule has 1 unspecified atom stereocenters. The Morgan fingerprint density at radius 2 is 2.43 bits per heavy atom. The summed E-state index contributed by atoms with van der Waals surface area (Å²) in [4.78, 5) is 4.03. The van der Waals surface area contributed by atoms with Gasteiger partial charge in [0.05, 0.1) is 0 Å². The van der Waals surface area contributed by atoms with Crippen LogP contribution in [0.3, 0.4) is 0 Å². The van der Waals surface area contributed by atoms with E-state index in [0.717, 1.165) is 17.7 Å². The molecule has 14 heavy (non-hydrogen) atoms. The molecule has 0 N–H and O–H groups in total. The van der Waals surface area contributed by atoms with Gasteiger partial charge in [0, 0.05) is 17.2 Å². The van der Waals surface area contributed by atoms with Crippen molar-refractivity contribution in [3.8, 4) is 6.07 Å². The predicted molar refractivity (Wildman–Crippen MR) is 60.0 cm³/mol. The summed E-state index contributed by atoms with van der Waals surface area (Å²) in [6.45, 7) is 4.37. The summed E-state index contributed by atoms with van der Waals surface area (Å²) in [5.41, 5.74) is 1.60. The minimum Gasteiger partial charge on any atom is -0.245 e. The van der Waals surface area contributed by atoms with Gasteiger partial charge in [0.2, 0.25) is 0 Å². The fourth-order valence-electron chi connectivity index (χ4n) is 1.01. The molecule has 1 aromatic heterocycles. The number of hydrogen-bond acceptors (Lipinski definition) is 3. The summed E-state index contributed by atoms with van der Waals surface area (Å²) < 4.78 is 0. The van der Waals surface area contributed by atoms with Crippen molar-refractivity contribution in [3.05, 3.63) is 29.6 Å². The molecule has 0 aliphatic rings. The lowest BCUT2D eigenvalue weighted by atomic mass is 10.2. The van der Waals surface area contributed by atoms with Gasteiger partial charge in [0.15, 0.2) is 0 Å². The number of pyridine rings is 1. The Balaban J connectivity index is 2.63. The lowest BCUT2D eigenvalue weighted by Crippen LogP contribution is -1.96. The van der Waals surface area contributed by atoms with Crippen molar-refractivity contribution in [2.24, 2.45) is 0 Å². The zero-order valence-corrected chi connectivity index (χ0v) is 9.34. The van der Waals surface area contributed by atoms with Crippen LogP contribution >= 0.6 is 11.8 Å². The van der Waals surface area contributed by atoms with Gasteiger partial charge in [0.1, 0.15) is 11.8 Å². The number of hydrogen-bond donors (Lipinski definition) is 0. The highest BCUT2D eigenvalue weighted by Gasteiger charge is 2.04. The van der Waals surface area contributed by atoms with Gasteiger partial charge in [0.25, 0.3) is 0 Å². The summed E-state index contributed by atoms with van der Waals surface area (Å²) in [5.74, 6) is 0.881. The number of aromatic nitrogens is 1. The van der Waals surface area contributed by atoms with Crippen molar-refractivity contribution in [1.82, 2.24) is 4.98 Å². The van der Waals surface area contributed by atoms with E-state index in [4.69, 9.17) is 5.26 Å². The second-order valence-electron chi connectivity index (χ2n) is 3.15. The minimum absolute atomic E-state index is 0.559. The van der Waals surface area contributed by atoms with E-state index < -0.39 is 0 Å². The molecule has 0 fully saturated rings. The Kier molecular flexibility index (Phi) is 4.48. The largest absolute Gasteiger partial charge is 0.245 e. The molecule has 0 aliphatic carbocycles. The maximum absolute atomic E-state index is 8.82. The number of nitriles is 1. The number of rotatable bonds is 4. The fraction of sp³-hybridized carbons (Fsp3) is 0.455. The topological polar surface area (TPSA) is 36.7 Å². The van der Waals surface area contributed by atoms with Crippen molar-refractivity contribution >= 4 is 11.8 Å². The zero-order chi connectivity index (χ0) is 10.4. The fourth-order valence-corrected chi connectivity index (χ4v) is 1.94. The van der Waals surface area contributed by atoms with Gasteiger partial charge in [-0.1, -0.05) is 19.9 Å². The molecule has 0 spiro atoms. The quantitative estimate of drug-likeness (QED) is 0.760. The molecule has 0 radical (unpaired) electrons. The smallest absolute Gasteiger partial charge is 0.144 e. The van der Waals surface area contributed by atoms with Gasteiger partial charge in [-0.2, -0.15) is 17.0 Å². The van der Waals surface area contributed by atoms with Crippen molar-refractivity contribution in [3.63, 3.8) is 0 Å². The van der Waals surface area contributed by atoms with Crippen LogP contribution in [-0.4, -0.2) is 10.2 Å². The monoisotopic (exact) mass is 206 g/mol. The average molecular weight is 206 g/mol. The van der Waals surface area contributed by atoms with Gasteiger partial charge in [-0.05, 0) is 18.1 Å². The molecular formula is C11H14N2S. The summed E-state index contributed by atoms with van der Waals surface area (Å²) in [6.07, 6.45) is 2.82. The maximum Gasteiger partial charge on any atom is 0.144 e. The van der Waals surface area contributed by atoms with E-state index in [-0.39, 0.29) is 0 Å². The summed E-state index contributed by atoms with van der Waals surface area (Å²) in [7, 11) is 0. The van der Waals surface area contributed by atoms with Gasteiger partial charge in [-0.15, -0.1) is 0 Å². The number of nitrogens with zero attached hydrogens (tertiary/aromatic N) is 2. The molecule has 1 heterocycles. The predicted octanol–water partition coefficient (Wildman–Crippen LogP) is 2.98. The third-order valence-electron chi connectivity index (χ3n) is 2.10. The van der Waals surface area contributed by atoms with Crippen molar-refractivity contribution < 1.29 is 0 Å². The van der Waals surface area contributed by atoms with Crippen LogP contribution in [0.2, 0.25) is 0 Å². The SMILES string of the molecule is CCC(C)SCc1cccnc1C#N. The first-order valence-corrected chi connectivity index (χ1v) is 5.78. The molecule has 1 rings (SSSR count). The Labute approximate surface area is 89.4 Å². The molecule has 3 heteroatoms.